The minimum atomic E-state index is -4.63. The Kier molecular flexibility index (Phi) is 4.31. The Bertz CT molecular complexity index is 519. The predicted molar refractivity (Wildman–Crippen MR) is 75.0 cm³/mol. The van der Waals surface area contributed by atoms with Gasteiger partial charge in [0, 0.05) is 24.7 Å². The quantitative estimate of drug-likeness (QED) is 0.924. The van der Waals surface area contributed by atoms with E-state index in [0.717, 1.165) is 12.6 Å². The van der Waals surface area contributed by atoms with Crippen molar-refractivity contribution in [1.29, 1.82) is 0 Å². The smallest absolute Gasteiger partial charge is 0.417 e. The molecule has 0 saturated carbocycles. The molecule has 1 aliphatic rings. The van der Waals surface area contributed by atoms with Crippen molar-refractivity contribution in [2.75, 3.05) is 25.1 Å². The molecule has 2 atom stereocenters. The number of halogens is 4. The van der Waals surface area contributed by atoms with Gasteiger partial charge in [0.05, 0.1) is 12.1 Å². The third-order valence-corrected chi connectivity index (χ3v) is 4.35. The van der Waals surface area contributed by atoms with E-state index >= 15 is 0 Å². The molecule has 3 nitrogen and oxygen atoms in total. The van der Waals surface area contributed by atoms with Crippen molar-refractivity contribution in [3.8, 4) is 5.75 Å². The fraction of sp³-hybridized carbons (Fsp3) is 0.571. The van der Waals surface area contributed by atoms with E-state index in [-0.39, 0.29) is 13.0 Å². The molecule has 0 radical (unpaired) electrons. The van der Waals surface area contributed by atoms with Crippen LogP contribution in [0.25, 0.3) is 0 Å². The molecule has 0 bridgehead atoms. The number of anilines is 1. The zero-order valence-electron chi connectivity index (χ0n) is 11.7. The second-order valence-corrected chi connectivity index (χ2v) is 5.80. The molecule has 7 heteroatoms. The van der Waals surface area contributed by atoms with Gasteiger partial charge in [-0.3, -0.25) is 0 Å². The maximum Gasteiger partial charge on any atom is 0.417 e. The molecule has 1 fully saturated rings. The molecule has 0 aromatic heterocycles. The van der Waals surface area contributed by atoms with Gasteiger partial charge in [0.2, 0.25) is 0 Å². The lowest BCUT2D eigenvalue weighted by atomic mass is 9.88. The van der Waals surface area contributed by atoms with Gasteiger partial charge < -0.3 is 14.7 Å². The highest BCUT2D eigenvalue weighted by Gasteiger charge is 2.56. The number of methoxy groups -OCH3 is 1. The first-order chi connectivity index (χ1) is 9.66. The van der Waals surface area contributed by atoms with Gasteiger partial charge in [0.15, 0.2) is 5.60 Å². The van der Waals surface area contributed by atoms with Crippen LogP contribution in [0, 0.1) is 5.92 Å². The first kappa shape index (κ1) is 16.2. The average Bonchev–Trinajstić information content (AvgIpc) is 2.87. The van der Waals surface area contributed by atoms with Crippen molar-refractivity contribution in [3.05, 3.63) is 23.2 Å². The highest BCUT2D eigenvalue weighted by molar-refractivity contribution is 6.32. The van der Waals surface area contributed by atoms with Crippen LogP contribution in [0.3, 0.4) is 0 Å². The summed E-state index contributed by atoms with van der Waals surface area (Å²) in [5, 5.41) is 10.2. The SMILES string of the molecule is COc1ccc(N2CCC(C(C)(O)C(F)(F)F)C2)cc1Cl. The van der Waals surface area contributed by atoms with E-state index in [9.17, 15) is 18.3 Å². The van der Waals surface area contributed by atoms with Crippen LogP contribution in [0.15, 0.2) is 18.2 Å². The molecule has 0 aliphatic carbocycles. The third-order valence-electron chi connectivity index (χ3n) is 4.06. The number of aliphatic hydroxyl groups is 1. The Balaban J connectivity index is 2.14. The van der Waals surface area contributed by atoms with Crippen molar-refractivity contribution in [3.63, 3.8) is 0 Å². The first-order valence-electron chi connectivity index (χ1n) is 6.54. The Hall–Kier alpha value is -1.14. The maximum absolute atomic E-state index is 12.9. The molecular weight excluding hydrogens is 307 g/mol. The summed E-state index contributed by atoms with van der Waals surface area (Å²) in [6.45, 7) is 1.41. The standard InChI is InChI=1S/C14H17ClF3NO2/c1-13(20,14(16,17)18)9-5-6-19(8-9)10-3-4-12(21-2)11(15)7-10/h3-4,7,9,20H,5-6,8H2,1-2H3. The molecule has 21 heavy (non-hydrogen) atoms. The zero-order chi connectivity index (χ0) is 15.8. The lowest BCUT2D eigenvalue weighted by molar-refractivity contribution is -0.269. The number of hydrogen-bond acceptors (Lipinski definition) is 3. The van der Waals surface area contributed by atoms with Crippen molar-refractivity contribution < 1.29 is 23.0 Å². The first-order valence-corrected chi connectivity index (χ1v) is 6.92. The van der Waals surface area contributed by atoms with E-state index in [1.54, 1.807) is 23.1 Å². The highest BCUT2D eigenvalue weighted by Crippen LogP contribution is 2.41. The summed E-state index contributed by atoms with van der Waals surface area (Å²) in [6.07, 6.45) is -4.36. The van der Waals surface area contributed by atoms with Gasteiger partial charge in [-0.05, 0) is 31.5 Å². The molecule has 1 aromatic rings. The van der Waals surface area contributed by atoms with Gasteiger partial charge in [-0.25, -0.2) is 0 Å². The summed E-state index contributed by atoms with van der Waals surface area (Å²) >= 11 is 6.03. The predicted octanol–water partition coefficient (Wildman–Crippen LogP) is 3.49. The Morgan fingerprint density at radius 3 is 2.57 bits per heavy atom. The van der Waals surface area contributed by atoms with Crippen molar-refractivity contribution in [2.24, 2.45) is 5.92 Å². The van der Waals surface area contributed by atoms with Crippen LogP contribution in [-0.4, -0.2) is 37.1 Å². The molecule has 118 valence electrons. The van der Waals surface area contributed by atoms with Crippen LogP contribution in [0.2, 0.25) is 5.02 Å². The second kappa shape index (κ2) is 5.57. The van der Waals surface area contributed by atoms with E-state index in [4.69, 9.17) is 16.3 Å². The molecule has 1 aliphatic heterocycles. The Morgan fingerprint density at radius 2 is 2.05 bits per heavy atom. The van der Waals surface area contributed by atoms with Gasteiger partial charge in [-0.1, -0.05) is 11.6 Å². The average molecular weight is 324 g/mol. The number of ether oxygens (including phenoxy) is 1. The van der Waals surface area contributed by atoms with Gasteiger partial charge in [-0.15, -0.1) is 0 Å². The fourth-order valence-corrected chi connectivity index (χ4v) is 2.79. The summed E-state index contributed by atoms with van der Waals surface area (Å²) in [4.78, 5) is 1.79. The minimum Gasteiger partial charge on any atom is -0.495 e. The molecule has 1 saturated heterocycles. The summed E-state index contributed by atoms with van der Waals surface area (Å²) < 4.78 is 43.7. The van der Waals surface area contributed by atoms with Crippen LogP contribution >= 0.6 is 11.6 Å². The number of nitrogens with zero attached hydrogens (tertiary/aromatic N) is 1. The third kappa shape index (κ3) is 3.06. The van der Waals surface area contributed by atoms with Crippen LogP contribution in [0.5, 0.6) is 5.75 Å². The minimum absolute atomic E-state index is 0.134. The number of hydrogen-bond donors (Lipinski definition) is 1. The second-order valence-electron chi connectivity index (χ2n) is 5.40. The van der Waals surface area contributed by atoms with Crippen LogP contribution in [0.4, 0.5) is 18.9 Å². The molecule has 1 aromatic carbocycles. The van der Waals surface area contributed by atoms with Crippen molar-refractivity contribution in [1.82, 2.24) is 0 Å². The summed E-state index contributed by atoms with van der Waals surface area (Å²) in [7, 11) is 1.49. The molecule has 1 heterocycles. The Labute approximate surface area is 126 Å². The monoisotopic (exact) mass is 323 g/mol. The van der Waals surface area contributed by atoms with Gasteiger partial charge in [0.25, 0.3) is 0 Å². The van der Waals surface area contributed by atoms with Crippen molar-refractivity contribution >= 4 is 17.3 Å². The largest absolute Gasteiger partial charge is 0.495 e. The molecule has 0 amide bonds. The van der Waals surface area contributed by atoms with Crippen LogP contribution < -0.4 is 9.64 Å². The van der Waals surface area contributed by atoms with Gasteiger partial charge >= 0.3 is 6.18 Å². The highest BCUT2D eigenvalue weighted by atomic mass is 35.5. The van der Waals surface area contributed by atoms with Crippen molar-refractivity contribution in [2.45, 2.75) is 25.1 Å². The molecular formula is C14H17ClF3NO2. The topological polar surface area (TPSA) is 32.7 Å². The van der Waals surface area contributed by atoms with E-state index in [1.807, 2.05) is 0 Å². The molecule has 2 rings (SSSR count). The lowest BCUT2D eigenvalue weighted by Gasteiger charge is -2.32. The number of alkyl halides is 3. The maximum atomic E-state index is 12.9. The Morgan fingerprint density at radius 1 is 1.38 bits per heavy atom. The summed E-state index contributed by atoms with van der Waals surface area (Å²) in [5.41, 5.74) is -1.96. The normalized spacial score (nSPS) is 22.2. The summed E-state index contributed by atoms with van der Waals surface area (Å²) in [6, 6.07) is 5.08. The van der Waals surface area contributed by atoms with Crippen LogP contribution in [0.1, 0.15) is 13.3 Å². The van der Waals surface area contributed by atoms with Crippen LogP contribution in [-0.2, 0) is 0 Å². The summed E-state index contributed by atoms with van der Waals surface area (Å²) in [5.74, 6) is -0.350. The number of benzene rings is 1. The van der Waals surface area contributed by atoms with E-state index < -0.39 is 17.7 Å². The fourth-order valence-electron chi connectivity index (χ4n) is 2.54. The molecule has 0 spiro atoms. The van der Waals surface area contributed by atoms with Gasteiger partial charge in [0.1, 0.15) is 5.75 Å². The van der Waals surface area contributed by atoms with Gasteiger partial charge in [-0.2, -0.15) is 13.2 Å². The molecule has 1 N–H and O–H groups in total. The van der Waals surface area contributed by atoms with E-state index in [2.05, 4.69) is 0 Å². The lowest BCUT2D eigenvalue weighted by Crippen LogP contribution is -2.49. The zero-order valence-corrected chi connectivity index (χ0v) is 12.5. The van der Waals surface area contributed by atoms with E-state index in [0.29, 0.717) is 17.3 Å². The van der Waals surface area contributed by atoms with E-state index in [1.165, 1.54) is 7.11 Å². The number of rotatable bonds is 3. The molecule has 2 unspecified atom stereocenters.